The third-order valence-electron chi connectivity index (χ3n) is 2.80. The molecule has 1 saturated heterocycles. The molecule has 1 fully saturated rings. The lowest BCUT2D eigenvalue weighted by Gasteiger charge is -2.31. The number of piperidine rings is 1. The van der Waals surface area contributed by atoms with Crippen molar-refractivity contribution in [2.75, 3.05) is 13.1 Å². The van der Waals surface area contributed by atoms with Gasteiger partial charge in [0.2, 0.25) is 0 Å². The summed E-state index contributed by atoms with van der Waals surface area (Å²) in [6, 6.07) is 5.87. The minimum Gasteiger partial charge on any atom is -0.447 e. The van der Waals surface area contributed by atoms with E-state index in [0.717, 1.165) is 41.9 Å². The van der Waals surface area contributed by atoms with Crippen LogP contribution in [-0.4, -0.2) is 18.9 Å². The van der Waals surface area contributed by atoms with Crippen LogP contribution in [0, 0.1) is 0 Å². The van der Waals surface area contributed by atoms with Gasteiger partial charge in [0.05, 0.1) is 6.54 Å². The summed E-state index contributed by atoms with van der Waals surface area (Å²) in [5.41, 5.74) is 0. The first kappa shape index (κ1) is 9.48. The first-order valence-corrected chi connectivity index (χ1v) is 5.95. The van der Waals surface area contributed by atoms with Crippen molar-refractivity contribution in [2.45, 2.75) is 18.6 Å². The second kappa shape index (κ2) is 3.39. The van der Waals surface area contributed by atoms with E-state index in [1.807, 2.05) is 18.2 Å². The summed E-state index contributed by atoms with van der Waals surface area (Å²) in [4.78, 5) is 0. The van der Waals surface area contributed by atoms with Crippen molar-refractivity contribution >= 4 is 15.9 Å². The van der Waals surface area contributed by atoms with Gasteiger partial charge in [-0.2, -0.15) is 0 Å². The Bertz CT molecular complexity index is 388. The van der Waals surface area contributed by atoms with Gasteiger partial charge in [-0.25, -0.2) is 0 Å². The SMILES string of the molecule is Brc1ccc2c(c1)OC1(CCCNC1)O2. The van der Waals surface area contributed by atoms with Crippen molar-refractivity contribution in [1.29, 1.82) is 0 Å². The van der Waals surface area contributed by atoms with E-state index in [0.29, 0.717) is 0 Å². The molecule has 4 heteroatoms. The van der Waals surface area contributed by atoms with Crippen LogP contribution in [0.15, 0.2) is 22.7 Å². The molecule has 2 aliphatic rings. The maximum absolute atomic E-state index is 5.90. The highest BCUT2D eigenvalue weighted by molar-refractivity contribution is 9.10. The summed E-state index contributed by atoms with van der Waals surface area (Å²) in [6.07, 6.45) is 2.04. The van der Waals surface area contributed by atoms with Gasteiger partial charge in [0.1, 0.15) is 0 Å². The fourth-order valence-corrected chi connectivity index (χ4v) is 2.43. The van der Waals surface area contributed by atoms with Gasteiger partial charge < -0.3 is 14.8 Å². The number of rotatable bonds is 0. The van der Waals surface area contributed by atoms with Gasteiger partial charge in [-0.3, -0.25) is 0 Å². The molecule has 0 aromatic heterocycles. The fourth-order valence-electron chi connectivity index (χ4n) is 2.09. The minimum absolute atomic E-state index is 0.457. The van der Waals surface area contributed by atoms with E-state index < -0.39 is 5.79 Å². The van der Waals surface area contributed by atoms with Crippen LogP contribution in [0.4, 0.5) is 0 Å². The molecule has 1 unspecified atom stereocenters. The van der Waals surface area contributed by atoms with Gasteiger partial charge in [-0.15, -0.1) is 0 Å². The van der Waals surface area contributed by atoms with Crippen molar-refractivity contribution in [3.8, 4) is 11.5 Å². The first-order chi connectivity index (χ1) is 7.27. The number of benzene rings is 1. The fraction of sp³-hybridized carbons (Fsp3) is 0.455. The normalized spacial score (nSPS) is 28.3. The van der Waals surface area contributed by atoms with Crippen molar-refractivity contribution < 1.29 is 9.47 Å². The molecule has 15 heavy (non-hydrogen) atoms. The highest BCUT2D eigenvalue weighted by Gasteiger charge is 2.42. The van der Waals surface area contributed by atoms with E-state index in [4.69, 9.17) is 9.47 Å². The Balaban J connectivity index is 1.90. The van der Waals surface area contributed by atoms with Gasteiger partial charge in [0.25, 0.3) is 5.79 Å². The largest absolute Gasteiger partial charge is 0.447 e. The molecule has 80 valence electrons. The van der Waals surface area contributed by atoms with Crippen LogP contribution in [0.25, 0.3) is 0 Å². The summed E-state index contributed by atoms with van der Waals surface area (Å²) >= 11 is 3.43. The van der Waals surface area contributed by atoms with E-state index in [1.165, 1.54) is 0 Å². The van der Waals surface area contributed by atoms with Crippen LogP contribution < -0.4 is 14.8 Å². The molecule has 1 atom stereocenters. The Morgan fingerprint density at radius 1 is 1.27 bits per heavy atom. The van der Waals surface area contributed by atoms with Crippen molar-refractivity contribution in [3.05, 3.63) is 22.7 Å². The van der Waals surface area contributed by atoms with Gasteiger partial charge in [0.15, 0.2) is 11.5 Å². The second-order valence-corrected chi connectivity index (χ2v) is 4.90. The summed E-state index contributed by atoms with van der Waals surface area (Å²) < 4.78 is 12.8. The van der Waals surface area contributed by atoms with E-state index >= 15 is 0 Å². The average Bonchev–Trinajstić information content (AvgIpc) is 2.56. The van der Waals surface area contributed by atoms with Crippen LogP contribution in [0.5, 0.6) is 11.5 Å². The van der Waals surface area contributed by atoms with Crippen LogP contribution in [0.2, 0.25) is 0 Å². The topological polar surface area (TPSA) is 30.5 Å². The zero-order valence-electron chi connectivity index (χ0n) is 8.25. The Hall–Kier alpha value is -0.740. The summed E-state index contributed by atoms with van der Waals surface area (Å²) in [7, 11) is 0. The van der Waals surface area contributed by atoms with E-state index in [1.54, 1.807) is 0 Å². The van der Waals surface area contributed by atoms with Gasteiger partial charge in [-0.1, -0.05) is 15.9 Å². The Kier molecular flexibility index (Phi) is 2.14. The highest BCUT2D eigenvalue weighted by Crippen LogP contribution is 2.42. The minimum atomic E-state index is -0.457. The molecule has 0 saturated carbocycles. The summed E-state index contributed by atoms with van der Waals surface area (Å²) in [5.74, 6) is 1.23. The lowest BCUT2D eigenvalue weighted by atomic mass is 10.1. The van der Waals surface area contributed by atoms with Gasteiger partial charge in [-0.05, 0) is 31.2 Å². The third-order valence-corrected chi connectivity index (χ3v) is 3.30. The first-order valence-electron chi connectivity index (χ1n) is 5.16. The smallest absolute Gasteiger partial charge is 0.263 e. The van der Waals surface area contributed by atoms with E-state index in [-0.39, 0.29) is 0 Å². The quantitative estimate of drug-likeness (QED) is 0.784. The zero-order valence-corrected chi connectivity index (χ0v) is 9.84. The number of nitrogens with one attached hydrogen (secondary N) is 1. The lowest BCUT2D eigenvalue weighted by Crippen LogP contribution is -2.51. The molecular weight excluding hydrogens is 258 g/mol. The number of ether oxygens (including phenoxy) is 2. The monoisotopic (exact) mass is 269 g/mol. The van der Waals surface area contributed by atoms with Crippen LogP contribution in [0.3, 0.4) is 0 Å². The van der Waals surface area contributed by atoms with E-state index in [2.05, 4.69) is 21.2 Å². The predicted octanol–water partition coefficient (Wildman–Crippen LogP) is 2.30. The molecule has 2 aliphatic heterocycles. The van der Waals surface area contributed by atoms with Crippen LogP contribution >= 0.6 is 15.9 Å². The Labute approximate surface area is 96.9 Å². The Morgan fingerprint density at radius 2 is 2.13 bits per heavy atom. The molecule has 1 spiro atoms. The second-order valence-electron chi connectivity index (χ2n) is 3.99. The number of hydrogen-bond acceptors (Lipinski definition) is 3. The molecule has 0 bridgehead atoms. The molecule has 1 N–H and O–H groups in total. The highest BCUT2D eigenvalue weighted by atomic mass is 79.9. The molecule has 0 aliphatic carbocycles. The van der Waals surface area contributed by atoms with Crippen LogP contribution in [-0.2, 0) is 0 Å². The third kappa shape index (κ3) is 1.62. The predicted molar refractivity (Wildman–Crippen MR) is 60.2 cm³/mol. The zero-order chi connectivity index (χ0) is 10.3. The molecule has 3 rings (SSSR count). The number of hydrogen-bond donors (Lipinski definition) is 1. The Morgan fingerprint density at radius 3 is 2.93 bits per heavy atom. The van der Waals surface area contributed by atoms with Gasteiger partial charge in [0, 0.05) is 10.9 Å². The van der Waals surface area contributed by atoms with E-state index in [9.17, 15) is 0 Å². The van der Waals surface area contributed by atoms with Crippen molar-refractivity contribution in [1.82, 2.24) is 5.32 Å². The maximum Gasteiger partial charge on any atom is 0.263 e. The molecular formula is C11H12BrNO2. The molecule has 0 radical (unpaired) electrons. The molecule has 0 amide bonds. The standard InChI is InChI=1S/C11H12BrNO2/c12-8-2-3-9-10(6-8)15-11(14-9)4-1-5-13-7-11/h2-3,6,13H,1,4-5,7H2. The van der Waals surface area contributed by atoms with Crippen molar-refractivity contribution in [3.63, 3.8) is 0 Å². The number of fused-ring (bicyclic) bond motifs is 1. The maximum atomic E-state index is 5.90. The molecule has 3 nitrogen and oxygen atoms in total. The van der Waals surface area contributed by atoms with Gasteiger partial charge >= 0.3 is 0 Å². The van der Waals surface area contributed by atoms with Crippen molar-refractivity contribution in [2.24, 2.45) is 0 Å². The molecule has 1 aromatic rings. The number of halogens is 1. The molecule has 2 heterocycles. The molecule has 1 aromatic carbocycles. The average molecular weight is 270 g/mol. The van der Waals surface area contributed by atoms with Crippen LogP contribution in [0.1, 0.15) is 12.8 Å². The summed E-state index contributed by atoms with van der Waals surface area (Å²) in [5, 5.41) is 3.31. The summed E-state index contributed by atoms with van der Waals surface area (Å²) in [6.45, 7) is 1.81. The lowest BCUT2D eigenvalue weighted by molar-refractivity contribution is -0.0936.